The van der Waals surface area contributed by atoms with E-state index < -0.39 is 10.0 Å². The number of hydrogen-bond donors (Lipinski definition) is 1. The Hall–Kier alpha value is -1.14. The van der Waals surface area contributed by atoms with Crippen LogP contribution in [-0.2, 0) is 10.0 Å². The highest BCUT2D eigenvalue weighted by molar-refractivity contribution is 7.89. The van der Waals surface area contributed by atoms with Crippen LogP contribution in [0.3, 0.4) is 0 Å². The van der Waals surface area contributed by atoms with Crippen LogP contribution >= 0.6 is 0 Å². The minimum absolute atomic E-state index is 0.0371. The van der Waals surface area contributed by atoms with Gasteiger partial charge in [-0.05, 0) is 25.5 Å². The molecule has 1 heterocycles. The third-order valence-corrected chi connectivity index (χ3v) is 4.88. The van der Waals surface area contributed by atoms with Crippen molar-refractivity contribution in [2.75, 3.05) is 19.4 Å². The van der Waals surface area contributed by atoms with Crippen LogP contribution in [0.5, 0.6) is 0 Å². The summed E-state index contributed by atoms with van der Waals surface area (Å²) in [7, 11) is -0.234. The average Bonchev–Trinajstić information content (AvgIpc) is 2.36. The van der Waals surface area contributed by atoms with Crippen molar-refractivity contribution in [3.8, 4) is 0 Å². The molecule has 1 N–H and O–H groups in total. The molecule has 6 heteroatoms. The quantitative estimate of drug-likeness (QED) is 0.869. The Morgan fingerprint density at radius 3 is 2.71 bits per heavy atom. The van der Waals surface area contributed by atoms with E-state index >= 15 is 0 Å². The topological polar surface area (TPSA) is 62.3 Å². The van der Waals surface area contributed by atoms with E-state index in [1.807, 2.05) is 13.8 Å². The fourth-order valence-corrected chi connectivity index (χ4v) is 3.02. The molecule has 1 aromatic heterocycles. The van der Waals surface area contributed by atoms with Crippen molar-refractivity contribution in [2.24, 2.45) is 0 Å². The first-order valence-electron chi connectivity index (χ1n) is 5.56. The van der Waals surface area contributed by atoms with Crippen LogP contribution in [0.2, 0.25) is 0 Å². The Bertz CT molecular complexity index is 473. The fourth-order valence-electron chi connectivity index (χ4n) is 1.44. The van der Waals surface area contributed by atoms with E-state index in [0.29, 0.717) is 5.82 Å². The average molecular weight is 257 g/mol. The van der Waals surface area contributed by atoms with E-state index in [2.05, 4.69) is 10.3 Å². The van der Waals surface area contributed by atoms with Crippen molar-refractivity contribution in [2.45, 2.75) is 31.2 Å². The van der Waals surface area contributed by atoms with Crippen molar-refractivity contribution in [3.05, 3.63) is 18.3 Å². The second-order valence-corrected chi connectivity index (χ2v) is 5.84. The number of nitrogens with zero attached hydrogens (tertiary/aromatic N) is 2. The van der Waals surface area contributed by atoms with Gasteiger partial charge in [0.1, 0.15) is 10.7 Å². The highest BCUT2D eigenvalue weighted by Crippen LogP contribution is 2.22. The molecule has 0 saturated carbocycles. The minimum Gasteiger partial charge on any atom is -0.372 e. The number of pyridine rings is 1. The number of rotatable bonds is 5. The molecule has 0 aromatic carbocycles. The van der Waals surface area contributed by atoms with E-state index in [-0.39, 0.29) is 10.9 Å². The molecule has 1 rings (SSSR count). The minimum atomic E-state index is -3.48. The zero-order chi connectivity index (χ0) is 13.1. The van der Waals surface area contributed by atoms with Crippen molar-refractivity contribution in [3.63, 3.8) is 0 Å². The highest BCUT2D eigenvalue weighted by Gasteiger charge is 2.27. The molecule has 0 spiro atoms. The summed E-state index contributed by atoms with van der Waals surface area (Å²) in [5.41, 5.74) is 0. The highest BCUT2D eigenvalue weighted by atomic mass is 32.2. The molecule has 0 saturated heterocycles. The van der Waals surface area contributed by atoms with Gasteiger partial charge in [-0.25, -0.2) is 13.4 Å². The number of sulfonamides is 1. The largest absolute Gasteiger partial charge is 0.372 e. The monoisotopic (exact) mass is 257 g/mol. The van der Waals surface area contributed by atoms with Crippen LogP contribution < -0.4 is 5.32 Å². The lowest BCUT2D eigenvalue weighted by Crippen LogP contribution is -2.35. The first-order chi connectivity index (χ1) is 7.95. The predicted molar refractivity (Wildman–Crippen MR) is 68.5 cm³/mol. The van der Waals surface area contributed by atoms with Gasteiger partial charge in [0.2, 0.25) is 10.0 Å². The van der Waals surface area contributed by atoms with E-state index in [4.69, 9.17) is 0 Å². The zero-order valence-electron chi connectivity index (χ0n) is 10.6. The zero-order valence-corrected chi connectivity index (χ0v) is 11.5. The van der Waals surface area contributed by atoms with Crippen molar-refractivity contribution < 1.29 is 8.42 Å². The van der Waals surface area contributed by atoms with Crippen LogP contribution in [0.25, 0.3) is 0 Å². The van der Waals surface area contributed by atoms with Gasteiger partial charge in [0, 0.05) is 26.3 Å². The number of hydrogen-bond acceptors (Lipinski definition) is 4. The van der Waals surface area contributed by atoms with Gasteiger partial charge in [-0.1, -0.05) is 6.92 Å². The van der Waals surface area contributed by atoms with Gasteiger partial charge in [0.15, 0.2) is 0 Å². The molecular weight excluding hydrogens is 238 g/mol. The molecule has 17 heavy (non-hydrogen) atoms. The summed E-state index contributed by atoms with van der Waals surface area (Å²) in [6.07, 6.45) is 2.33. The van der Waals surface area contributed by atoms with Gasteiger partial charge in [0.25, 0.3) is 0 Å². The molecule has 0 amide bonds. The lowest BCUT2D eigenvalue weighted by atomic mass is 10.3. The van der Waals surface area contributed by atoms with Gasteiger partial charge in [0.05, 0.1) is 0 Å². The maximum Gasteiger partial charge on any atom is 0.246 e. The summed E-state index contributed by atoms with van der Waals surface area (Å²) < 4.78 is 26.1. The van der Waals surface area contributed by atoms with Crippen molar-refractivity contribution in [1.29, 1.82) is 0 Å². The maximum atomic E-state index is 12.4. The molecule has 5 nitrogen and oxygen atoms in total. The molecule has 0 radical (unpaired) electrons. The number of anilines is 1. The molecular formula is C11H19N3O2S. The molecule has 0 aliphatic heterocycles. The molecule has 1 atom stereocenters. The van der Waals surface area contributed by atoms with Gasteiger partial charge in [-0.15, -0.1) is 0 Å². The van der Waals surface area contributed by atoms with Crippen LogP contribution in [0.1, 0.15) is 20.3 Å². The fraction of sp³-hybridized carbons (Fsp3) is 0.545. The predicted octanol–water partition coefficient (Wildman–Crippen LogP) is 1.54. The van der Waals surface area contributed by atoms with Gasteiger partial charge in [-0.3, -0.25) is 0 Å². The molecule has 1 aromatic rings. The van der Waals surface area contributed by atoms with E-state index in [9.17, 15) is 8.42 Å². The first-order valence-corrected chi connectivity index (χ1v) is 7.00. The standard InChI is InChI=1S/C11H19N3O2S/c1-5-9(2)14(4)17(15,16)10-7-6-8-13-11(10)12-3/h6-9H,5H2,1-4H3,(H,12,13). The Morgan fingerprint density at radius 1 is 1.53 bits per heavy atom. The SMILES string of the molecule is CCC(C)N(C)S(=O)(=O)c1cccnc1NC. The van der Waals surface area contributed by atoms with E-state index in [1.165, 1.54) is 4.31 Å². The Kier molecular flexibility index (Phi) is 4.47. The van der Waals surface area contributed by atoms with E-state index in [1.54, 1.807) is 32.4 Å². The van der Waals surface area contributed by atoms with Crippen LogP contribution in [0, 0.1) is 0 Å². The second kappa shape index (κ2) is 5.46. The Morgan fingerprint density at radius 2 is 2.18 bits per heavy atom. The summed E-state index contributed by atoms with van der Waals surface area (Å²) in [5, 5.41) is 2.80. The molecule has 0 aliphatic carbocycles. The summed E-state index contributed by atoms with van der Waals surface area (Å²) in [4.78, 5) is 4.23. The third-order valence-electron chi connectivity index (χ3n) is 2.88. The van der Waals surface area contributed by atoms with Crippen molar-refractivity contribution >= 4 is 15.8 Å². The maximum absolute atomic E-state index is 12.4. The molecule has 0 fully saturated rings. The summed E-state index contributed by atoms with van der Waals surface area (Å²) >= 11 is 0. The molecule has 0 bridgehead atoms. The normalized spacial score (nSPS) is 13.7. The first kappa shape index (κ1) is 13.9. The molecule has 1 unspecified atom stereocenters. The Labute approximate surface area is 103 Å². The van der Waals surface area contributed by atoms with Gasteiger partial charge in [-0.2, -0.15) is 4.31 Å². The number of aromatic nitrogens is 1. The van der Waals surface area contributed by atoms with Crippen molar-refractivity contribution in [1.82, 2.24) is 9.29 Å². The smallest absolute Gasteiger partial charge is 0.246 e. The number of nitrogens with one attached hydrogen (secondary N) is 1. The second-order valence-electron chi connectivity index (χ2n) is 3.88. The van der Waals surface area contributed by atoms with Crippen LogP contribution in [0.4, 0.5) is 5.82 Å². The summed E-state index contributed by atoms with van der Waals surface area (Å²) in [6, 6.07) is 3.15. The third kappa shape index (κ3) is 2.76. The Balaban J connectivity index is 3.22. The molecule has 96 valence electrons. The van der Waals surface area contributed by atoms with Gasteiger partial charge >= 0.3 is 0 Å². The van der Waals surface area contributed by atoms with Crippen LogP contribution in [0.15, 0.2) is 23.2 Å². The van der Waals surface area contributed by atoms with Gasteiger partial charge < -0.3 is 5.32 Å². The lowest BCUT2D eigenvalue weighted by molar-refractivity contribution is 0.380. The molecule has 0 aliphatic rings. The van der Waals surface area contributed by atoms with E-state index in [0.717, 1.165) is 6.42 Å². The van der Waals surface area contributed by atoms with Crippen LogP contribution in [-0.4, -0.2) is 37.8 Å². The lowest BCUT2D eigenvalue weighted by Gasteiger charge is -2.23. The summed E-state index contributed by atoms with van der Waals surface area (Å²) in [6.45, 7) is 3.84. The summed E-state index contributed by atoms with van der Waals surface area (Å²) in [5.74, 6) is 0.377.